The van der Waals surface area contributed by atoms with Gasteiger partial charge < -0.3 is 5.11 Å². The minimum atomic E-state index is -0.213. The summed E-state index contributed by atoms with van der Waals surface area (Å²) >= 11 is 0. The summed E-state index contributed by atoms with van der Waals surface area (Å²) < 4.78 is 0. The zero-order valence-electron chi connectivity index (χ0n) is 8.84. The molecule has 4 atom stereocenters. The van der Waals surface area contributed by atoms with E-state index in [4.69, 9.17) is 0 Å². The van der Waals surface area contributed by atoms with Crippen LogP contribution in [-0.4, -0.2) is 17.9 Å². The van der Waals surface area contributed by atoms with Crippen LogP contribution >= 0.6 is 0 Å². The molecule has 2 saturated carbocycles. The monoisotopic (exact) mass is 195 g/mol. The molecule has 14 heavy (non-hydrogen) atoms. The summed E-state index contributed by atoms with van der Waals surface area (Å²) in [5.74, 6) is 1.99. The topological polar surface area (TPSA) is 32.3 Å². The lowest BCUT2D eigenvalue weighted by atomic mass is 9.82. The zero-order valence-corrected chi connectivity index (χ0v) is 8.84. The lowest BCUT2D eigenvalue weighted by Crippen LogP contribution is -2.22. The highest BCUT2D eigenvalue weighted by Crippen LogP contribution is 2.54. The van der Waals surface area contributed by atoms with Crippen LogP contribution in [-0.2, 0) is 0 Å². The molecule has 0 bridgehead atoms. The first kappa shape index (κ1) is 9.17. The Labute approximate surface area is 86.1 Å². The van der Waals surface area contributed by atoms with Crippen LogP contribution in [0, 0.1) is 17.3 Å². The smallest absolute Gasteiger partial charge is 0.105 e. The van der Waals surface area contributed by atoms with Crippen LogP contribution in [0.15, 0.2) is 0 Å². The summed E-state index contributed by atoms with van der Waals surface area (Å²) in [6, 6.07) is 0. The van der Waals surface area contributed by atoms with Gasteiger partial charge in [0.15, 0.2) is 0 Å². The summed E-state index contributed by atoms with van der Waals surface area (Å²) in [7, 11) is 0. The second kappa shape index (κ2) is 3.21. The van der Waals surface area contributed by atoms with Gasteiger partial charge in [0.05, 0.1) is 0 Å². The standard InChI is InChI=1S/C12H21NO/c14-11-7-12(8-13-11)5-9-3-1-2-4-10(9)6-12/h9-11,13-14H,1-8H2/t9-,10+,11?,12?. The number of aliphatic hydroxyl groups excluding tert-OH is 1. The molecule has 0 aromatic heterocycles. The van der Waals surface area contributed by atoms with Crippen molar-refractivity contribution in [1.29, 1.82) is 0 Å². The largest absolute Gasteiger partial charge is 0.379 e. The first-order chi connectivity index (χ1) is 6.77. The highest BCUT2D eigenvalue weighted by Gasteiger charge is 2.48. The molecule has 2 unspecified atom stereocenters. The molecule has 3 aliphatic rings. The molecule has 80 valence electrons. The molecule has 0 amide bonds. The molecule has 0 aromatic carbocycles. The van der Waals surface area contributed by atoms with Crippen LogP contribution in [0.2, 0.25) is 0 Å². The molecule has 1 aliphatic heterocycles. The van der Waals surface area contributed by atoms with Gasteiger partial charge in [0.1, 0.15) is 6.23 Å². The molecular weight excluding hydrogens is 174 g/mol. The molecule has 1 saturated heterocycles. The zero-order chi connectivity index (χ0) is 9.60. The van der Waals surface area contributed by atoms with Crippen molar-refractivity contribution in [3.05, 3.63) is 0 Å². The fourth-order valence-electron chi connectivity index (χ4n) is 4.22. The Morgan fingerprint density at radius 1 is 1.00 bits per heavy atom. The van der Waals surface area contributed by atoms with E-state index in [1.165, 1.54) is 38.5 Å². The third-order valence-electron chi connectivity index (χ3n) is 4.80. The van der Waals surface area contributed by atoms with Gasteiger partial charge in [-0.3, -0.25) is 5.32 Å². The summed E-state index contributed by atoms with van der Waals surface area (Å²) in [5, 5.41) is 12.8. The van der Waals surface area contributed by atoms with E-state index in [1.807, 2.05) is 0 Å². The van der Waals surface area contributed by atoms with Crippen LogP contribution in [0.4, 0.5) is 0 Å². The lowest BCUT2D eigenvalue weighted by Gasteiger charge is -2.24. The summed E-state index contributed by atoms with van der Waals surface area (Å²) in [6.45, 7) is 1.07. The second-order valence-corrected chi connectivity index (χ2v) is 5.81. The van der Waals surface area contributed by atoms with E-state index in [0.29, 0.717) is 5.41 Å². The molecule has 3 rings (SSSR count). The minimum absolute atomic E-state index is 0.213. The van der Waals surface area contributed by atoms with E-state index in [1.54, 1.807) is 0 Å². The van der Waals surface area contributed by atoms with E-state index in [9.17, 15) is 5.11 Å². The number of fused-ring (bicyclic) bond motifs is 1. The lowest BCUT2D eigenvalue weighted by molar-refractivity contribution is 0.143. The molecule has 2 aliphatic carbocycles. The molecule has 2 nitrogen and oxygen atoms in total. The summed E-state index contributed by atoms with van der Waals surface area (Å²) in [6.07, 6.45) is 9.41. The average molecular weight is 195 g/mol. The van der Waals surface area contributed by atoms with Crippen LogP contribution in [0.3, 0.4) is 0 Å². The molecule has 3 fully saturated rings. The Morgan fingerprint density at radius 2 is 1.64 bits per heavy atom. The highest BCUT2D eigenvalue weighted by molar-refractivity contribution is 5.00. The Bertz CT molecular complexity index is 214. The van der Waals surface area contributed by atoms with Gasteiger partial charge in [-0.05, 0) is 36.5 Å². The second-order valence-electron chi connectivity index (χ2n) is 5.81. The van der Waals surface area contributed by atoms with Crippen LogP contribution < -0.4 is 5.32 Å². The Morgan fingerprint density at radius 3 is 2.14 bits per heavy atom. The van der Waals surface area contributed by atoms with Gasteiger partial charge in [-0.15, -0.1) is 0 Å². The maximum atomic E-state index is 9.58. The van der Waals surface area contributed by atoms with Crippen LogP contribution in [0.5, 0.6) is 0 Å². The average Bonchev–Trinajstić information content (AvgIpc) is 2.69. The minimum Gasteiger partial charge on any atom is -0.379 e. The van der Waals surface area contributed by atoms with Crippen molar-refractivity contribution in [3.63, 3.8) is 0 Å². The van der Waals surface area contributed by atoms with Crippen molar-refractivity contribution in [2.45, 2.75) is 51.2 Å². The third kappa shape index (κ3) is 1.40. The van der Waals surface area contributed by atoms with Gasteiger partial charge in [-0.25, -0.2) is 0 Å². The molecule has 1 spiro atoms. The molecule has 0 radical (unpaired) electrons. The van der Waals surface area contributed by atoms with Gasteiger partial charge in [0, 0.05) is 6.54 Å². The van der Waals surface area contributed by atoms with Crippen molar-refractivity contribution in [3.8, 4) is 0 Å². The summed E-state index contributed by atoms with van der Waals surface area (Å²) in [4.78, 5) is 0. The van der Waals surface area contributed by atoms with Crippen molar-refractivity contribution in [1.82, 2.24) is 5.32 Å². The fraction of sp³-hybridized carbons (Fsp3) is 1.00. The van der Waals surface area contributed by atoms with Crippen molar-refractivity contribution < 1.29 is 5.11 Å². The maximum Gasteiger partial charge on any atom is 0.105 e. The van der Waals surface area contributed by atoms with Gasteiger partial charge in [-0.2, -0.15) is 0 Å². The number of hydrogen-bond acceptors (Lipinski definition) is 2. The van der Waals surface area contributed by atoms with Crippen molar-refractivity contribution in [2.24, 2.45) is 17.3 Å². The normalized spacial score (nSPS) is 52.5. The van der Waals surface area contributed by atoms with Crippen LogP contribution in [0.1, 0.15) is 44.9 Å². The molecule has 2 heteroatoms. The third-order valence-corrected chi connectivity index (χ3v) is 4.80. The molecule has 0 aromatic rings. The number of nitrogens with one attached hydrogen (secondary N) is 1. The Balaban J connectivity index is 1.73. The van der Waals surface area contributed by atoms with Gasteiger partial charge in [-0.1, -0.05) is 25.7 Å². The first-order valence-electron chi connectivity index (χ1n) is 6.19. The van der Waals surface area contributed by atoms with E-state index >= 15 is 0 Å². The Hall–Kier alpha value is -0.0800. The quantitative estimate of drug-likeness (QED) is 0.618. The fourth-order valence-corrected chi connectivity index (χ4v) is 4.22. The SMILES string of the molecule is OC1CC2(CN1)C[C@H]1CCCC[C@H]1C2. The van der Waals surface area contributed by atoms with Crippen molar-refractivity contribution >= 4 is 0 Å². The molecule has 1 heterocycles. The maximum absolute atomic E-state index is 9.58. The van der Waals surface area contributed by atoms with Gasteiger partial charge in [0.25, 0.3) is 0 Å². The van der Waals surface area contributed by atoms with Gasteiger partial charge >= 0.3 is 0 Å². The summed E-state index contributed by atoms with van der Waals surface area (Å²) in [5.41, 5.74) is 0.485. The molecular formula is C12H21NO. The highest BCUT2D eigenvalue weighted by atomic mass is 16.3. The van der Waals surface area contributed by atoms with E-state index < -0.39 is 0 Å². The van der Waals surface area contributed by atoms with E-state index in [-0.39, 0.29) is 6.23 Å². The number of hydrogen-bond donors (Lipinski definition) is 2. The van der Waals surface area contributed by atoms with Crippen LogP contribution in [0.25, 0.3) is 0 Å². The molecule has 2 N–H and O–H groups in total. The number of rotatable bonds is 0. The predicted molar refractivity (Wildman–Crippen MR) is 55.7 cm³/mol. The first-order valence-corrected chi connectivity index (χ1v) is 6.19. The van der Waals surface area contributed by atoms with Crippen molar-refractivity contribution in [2.75, 3.05) is 6.54 Å². The van der Waals surface area contributed by atoms with E-state index in [2.05, 4.69) is 5.32 Å². The Kier molecular flexibility index (Phi) is 2.10. The predicted octanol–water partition coefficient (Wildman–Crippen LogP) is 1.88. The van der Waals surface area contributed by atoms with Gasteiger partial charge in [0.2, 0.25) is 0 Å². The van der Waals surface area contributed by atoms with E-state index in [0.717, 1.165) is 24.8 Å². The number of aliphatic hydroxyl groups is 1.